The number of halogens is 1. The first-order chi connectivity index (χ1) is 26.3. The summed E-state index contributed by atoms with van der Waals surface area (Å²) >= 11 is 6.21. The quantitative estimate of drug-likeness (QED) is 0.248. The normalized spacial score (nSPS) is 18.4. The van der Waals surface area contributed by atoms with E-state index in [0.717, 1.165) is 0 Å². The zero-order valence-electron chi connectivity index (χ0n) is 31.7. The van der Waals surface area contributed by atoms with Gasteiger partial charge in [-0.05, 0) is 74.2 Å². The number of hydrogen-bond donors (Lipinski definition) is 5. The molecule has 0 unspecified atom stereocenters. The van der Waals surface area contributed by atoms with Crippen molar-refractivity contribution in [3.8, 4) is 28.7 Å². The number of fused-ring (bicyclic) bond motifs is 3. The summed E-state index contributed by atoms with van der Waals surface area (Å²) in [5.41, 5.74) is 0.865. The predicted molar refractivity (Wildman–Crippen MR) is 204 cm³/mol. The molecular weight excluding hydrogens is 734 g/mol. The van der Waals surface area contributed by atoms with Crippen molar-refractivity contribution in [1.82, 2.24) is 26.2 Å². The molecule has 3 aromatic carbocycles. The monoisotopic (exact) mass is 781 g/mol. The Morgan fingerprint density at radius 3 is 2.22 bits per heavy atom. The molecule has 296 valence electrons. The van der Waals surface area contributed by atoms with Crippen molar-refractivity contribution in [2.75, 3.05) is 41.0 Å². The largest absolute Gasteiger partial charge is 0.496 e. The number of methoxy groups -OCH3 is 3. The molecule has 3 atom stereocenters. The van der Waals surface area contributed by atoms with Crippen molar-refractivity contribution in [1.29, 1.82) is 0 Å². The lowest BCUT2D eigenvalue weighted by atomic mass is 10.0. The summed E-state index contributed by atoms with van der Waals surface area (Å²) in [6.07, 6.45) is -0.589. The van der Waals surface area contributed by atoms with Crippen LogP contribution in [-0.2, 0) is 20.9 Å². The van der Waals surface area contributed by atoms with Crippen LogP contribution in [0.3, 0.4) is 0 Å². The highest BCUT2D eigenvalue weighted by atomic mass is 35.5. The average Bonchev–Trinajstić information content (AvgIpc) is 3.16. The maximum atomic E-state index is 13.9. The van der Waals surface area contributed by atoms with Gasteiger partial charge in [-0.25, -0.2) is 0 Å². The molecule has 0 spiro atoms. The first-order valence-electron chi connectivity index (χ1n) is 17.8. The minimum Gasteiger partial charge on any atom is -0.496 e. The van der Waals surface area contributed by atoms with Gasteiger partial charge in [0.05, 0.1) is 51.6 Å². The number of carbonyl (C=O) groups is 5. The van der Waals surface area contributed by atoms with E-state index in [0.29, 0.717) is 35.7 Å². The first kappa shape index (κ1) is 42.2. The molecule has 0 saturated carbocycles. The Morgan fingerprint density at radius 1 is 0.836 bits per heavy atom. The number of rotatable bonds is 6. The number of nitrogens with zero attached hydrogens (tertiary/aromatic N) is 1. The molecule has 0 saturated heterocycles. The van der Waals surface area contributed by atoms with E-state index in [1.807, 2.05) is 0 Å². The summed E-state index contributed by atoms with van der Waals surface area (Å²) in [5.74, 6) is -1.96. The Labute approximate surface area is 325 Å². The second-order valence-corrected chi connectivity index (χ2v) is 13.6. The van der Waals surface area contributed by atoms with Gasteiger partial charge in [0.25, 0.3) is 11.8 Å². The zero-order chi connectivity index (χ0) is 40.2. The van der Waals surface area contributed by atoms with Crippen LogP contribution in [0.15, 0.2) is 54.6 Å². The summed E-state index contributed by atoms with van der Waals surface area (Å²) in [4.78, 5) is 69.1. The Balaban J connectivity index is 1.70. The van der Waals surface area contributed by atoms with E-state index in [9.17, 15) is 29.1 Å². The van der Waals surface area contributed by atoms with Gasteiger partial charge >= 0.3 is 0 Å². The topological polar surface area (TPSA) is 194 Å². The maximum absolute atomic E-state index is 13.9. The van der Waals surface area contributed by atoms with Crippen molar-refractivity contribution in [3.05, 3.63) is 76.3 Å². The molecule has 4 rings (SSSR count). The van der Waals surface area contributed by atoms with E-state index in [-0.39, 0.29) is 53.2 Å². The van der Waals surface area contributed by atoms with Crippen LogP contribution in [0, 0.1) is 5.92 Å². The Morgan fingerprint density at radius 2 is 1.55 bits per heavy atom. The van der Waals surface area contributed by atoms with E-state index in [2.05, 4.69) is 21.3 Å². The van der Waals surface area contributed by atoms with Crippen molar-refractivity contribution in [3.63, 3.8) is 0 Å². The second kappa shape index (κ2) is 19.7. The van der Waals surface area contributed by atoms with Crippen molar-refractivity contribution >= 4 is 41.1 Å². The zero-order valence-corrected chi connectivity index (χ0v) is 32.5. The lowest BCUT2D eigenvalue weighted by Crippen LogP contribution is -2.59. The summed E-state index contributed by atoms with van der Waals surface area (Å²) < 4.78 is 22.8. The van der Waals surface area contributed by atoms with E-state index >= 15 is 0 Å². The fourth-order valence-corrected chi connectivity index (χ4v) is 6.06. The van der Waals surface area contributed by atoms with E-state index in [4.69, 9.17) is 30.5 Å². The molecule has 2 bridgehead atoms. The van der Waals surface area contributed by atoms with Crippen molar-refractivity contribution in [2.45, 2.75) is 58.3 Å². The lowest BCUT2D eigenvalue weighted by Gasteiger charge is -2.28. The number of aliphatic hydroxyl groups excluding tert-OH is 1. The fraction of sp³-hybridized carbons (Fsp3) is 0.410. The van der Waals surface area contributed by atoms with Gasteiger partial charge in [-0.3, -0.25) is 24.0 Å². The van der Waals surface area contributed by atoms with Gasteiger partial charge in [-0.2, -0.15) is 0 Å². The molecule has 5 N–H and O–H groups in total. The first-order valence-corrected chi connectivity index (χ1v) is 18.1. The van der Waals surface area contributed by atoms with Crippen LogP contribution >= 0.6 is 11.6 Å². The molecule has 0 radical (unpaired) electrons. The molecular formula is C39H48ClN5O10. The van der Waals surface area contributed by atoms with Crippen LogP contribution in [0.4, 0.5) is 0 Å². The van der Waals surface area contributed by atoms with Gasteiger partial charge in [-0.15, -0.1) is 0 Å². The summed E-state index contributed by atoms with van der Waals surface area (Å²) in [6.45, 7) is 4.50. The molecule has 55 heavy (non-hydrogen) atoms. The number of benzene rings is 3. The molecule has 15 nitrogen and oxygen atoms in total. The number of ether oxygens (including phenoxy) is 4. The SMILES string of the molecule is COc1ccc2cc1Oc1cccc(OC)c1CNC(=O)[C@@H](C(C)C)NC(=O)[C@H]([C@@H](C)O)NC(=O)CN(C(=O)c1cc(Cl)ccc1OC)CCCCNC2=O. The van der Waals surface area contributed by atoms with Crippen LogP contribution in [-0.4, -0.2) is 98.7 Å². The van der Waals surface area contributed by atoms with Gasteiger partial charge in [0.2, 0.25) is 17.7 Å². The minimum atomic E-state index is -1.48. The van der Waals surface area contributed by atoms with Gasteiger partial charge in [-0.1, -0.05) is 31.5 Å². The Bertz CT molecular complexity index is 1870. The number of aliphatic hydroxyl groups is 1. The molecule has 1 aliphatic rings. The highest BCUT2D eigenvalue weighted by molar-refractivity contribution is 6.31. The van der Waals surface area contributed by atoms with Gasteiger partial charge in [0.1, 0.15) is 29.3 Å². The third-order valence-corrected chi connectivity index (χ3v) is 9.11. The predicted octanol–water partition coefficient (Wildman–Crippen LogP) is 3.45. The highest BCUT2D eigenvalue weighted by Gasteiger charge is 2.32. The van der Waals surface area contributed by atoms with Crippen LogP contribution in [0.1, 0.15) is 59.9 Å². The number of amides is 5. The van der Waals surface area contributed by atoms with Crippen LogP contribution in [0.25, 0.3) is 0 Å². The maximum Gasteiger partial charge on any atom is 0.258 e. The van der Waals surface area contributed by atoms with Crippen LogP contribution in [0.2, 0.25) is 5.02 Å². The van der Waals surface area contributed by atoms with Gasteiger partial charge in [0.15, 0.2) is 11.5 Å². The van der Waals surface area contributed by atoms with Crippen molar-refractivity contribution in [2.24, 2.45) is 5.92 Å². The number of hydrogen-bond acceptors (Lipinski definition) is 10. The van der Waals surface area contributed by atoms with Crippen LogP contribution < -0.4 is 40.2 Å². The minimum absolute atomic E-state index is 0.0717. The molecule has 1 heterocycles. The molecule has 5 amide bonds. The molecule has 16 heteroatoms. The highest BCUT2D eigenvalue weighted by Crippen LogP contribution is 2.37. The van der Waals surface area contributed by atoms with E-state index < -0.39 is 54.3 Å². The smallest absolute Gasteiger partial charge is 0.258 e. The summed E-state index contributed by atoms with van der Waals surface area (Å²) in [6, 6.07) is 11.8. The molecule has 1 aliphatic heterocycles. The summed E-state index contributed by atoms with van der Waals surface area (Å²) in [7, 11) is 4.33. The third kappa shape index (κ3) is 11.0. The average molecular weight is 782 g/mol. The lowest BCUT2D eigenvalue weighted by molar-refractivity contribution is -0.135. The molecule has 0 aromatic heterocycles. The number of nitrogens with one attached hydrogen (secondary N) is 4. The molecule has 0 fully saturated rings. The van der Waals surface area contributed by atoms with Crippen molar-refractivity contribution < 1.29 is 48.0 Å². The summed E-state index contributed by atoms with van der Waals surface area (Å²) in [5, 5.41) is 21.8. The fourth-order valence-electron chi connectivity index (χ4n) is 5.89. The Kier molecular flexibility index (Phi) is 15.1. The van der Waals surface area contributed by atoms with Gasteiger partial charge in [0, 0.05) is 23.7 Å². The van der Waals surface area contributed by atoms with Crippen LogP contribution in [0.5, 0.6) is 28.7 Å². The molecule has 3 aromatic rings. The standard InChI is InChI=1S/C39H48ClN5O10/c1-22(2)34-37(49)42-20-27-28(52-4)10-9-11-30(27)55-32-18-24(12-14-31(32)54-6)36(48)41-16-7-8-17-45(21-33(47)43-35(23(3)46)38(50)44-34)39(51)26-19-25(40)13-15-29(26)53-5/h9-15,18-19,22-23,34-35,46H,7-8,16-17,20-21H2,1-6H3,(H,41,48)(H,42,49)(H,43,47)(H,44,50)/t23-,34-,35+/m1/s1. The van der Waals surface area contributed by atoms with Gasteiger partial charge < -0.3 is 50.2 Å². The third-order valence-electron chi connectivity index (χ3n) is 8.88. The Hall–Kier alpha value is -5.54. The second-order valence-electron chi connectivity index (χ2n) is 13.2. The number of carbonyl (C=O) groups excluding carboxylic acids is 5. The van der Waals surface area contributed by atoms with E-state index in [1.165, 1.54) is 51.4 Å². The van der Waals surface area contributed by atoms with E-state index in [1.54, 1.807) is 50.2 Å². The molecule has 0 aliphatic carbocycles.